The molecule has 0 aliphatic carbocycles. The van der Waals surface area contributed by atoms with E-state index in [2.05, 4.69) is 9.71 Å². The Hall–Kier alpha value is -2.38. The van der Waals surface area contributed by atoms with Gasteiger partial charge in [-0.1, -0.05) is 12.1 Å². The maximum atomic E-state index is 12.6. The summed E-state index contributed by atoms with van der Waals surface area (Å²) in [6, 6.07) is 12.6. The average molecular weight is 373 g/mol. The Morgan fingerprint density at radius 1 is 1.19 bits per heavy atom. The number of aromatic nitrogens is 2. The van der Waals surface area contributed by atoms with E-state index in [-0.39, 0.29) is 17.5 Å². The molecule has 3 aromatic rings. The van der Waals surface area contributed by atoms with Crippen molar-refractivity contribution < 1.29 is 13.2 Å². The summed E-state index contributed by atoms with van der Waals surface area (Å²) in [5.74, 6) is 1.35. The van der Waals surface area contributed by atoms with Gasteiger partial charge < -0.3 is 9.30 Å². The smallest absolute Gasteiger partial charge is 0.240 e. The molecule has 0 amide bonds. The van der Waals surface area contributed by atoms with Crippen LogP contribution in [0.25, 0.3) is 11.0 Å². The Bertz CT molecular complexity index is 1040. The molecule has 1 N–H and O–H groups in total. The molecule has 1 aromatic heterocycles. The van der Waals surface area contributed by atoms with Crippen molar-refractivity contribution >= 4 is 21.1 Å². The van der Waals surface area contributed by atoms with Gasteiger partial charge in [0, 0.05) is 7.05 Å². The van der Waals surface area contributed by atoms with E-state index in [1.54, 1.807) is 18.2 Å². The van der Waals surface area contributed by atoms with Gasteiger partial charge in [0.05, 0.1) is 28.6 Å². The van der Waals surface area contributed by atoms with Gasteiger partial charge in [0.2, 0.25) is 10.0 Å². The molecule has 0 saturated heterocycles. The van der Waals surface area contributed by atoms with Gasteiger partial charge in [-0.05, 0) is 56.7 Å². The Labute approximate surface area is 153 Å². The largest absolute Gasteiger partial charge is 0.491 e. The molecular formula is C19H23N3O3S. The molecule has 7 heteroatoms. The molecule has 0 bridgehead atoms. The Kier molecular flexibility index (Phi) is 5.02. The van der Waals surface area contributed by atoms with Crippen molar-refractivity contribution in [2.24, 2.45) is 7.05 Å². The van der Waals surface area contributed by atoms with E-state index in [0.717, 1.165) is 16.6 Å². The summed E-state index contributed by atoms with van der Waals surface area (Å²) in [4.78, 5) is 4.70. The molecule has 26 heavy (non-hydrogen) atoms. The van der Waals surface area contributed by atoms with Crippen LogP contribution in [0.2, 0.25) is 0 Å². The Morgan fingerprint density at radius 2 is 1.92 bits per heavy atom. The number of fused-ring (bicyclic) bond motifs is 1. The van der Waals surface area contributed by atoms with E-state index in [0.29, 0.717) is 11.6 Å². The summed E-state index contributed by atoms with van der Waals surface area (Å²) in [6.45, 7) is 5.82. The first-order chi connectivity index (χ1) is 12.3. The Morgan fingerprint density at radius 3 is 2.58 bits per heavy atom. The fourth-order valence-electron chi connectivity index (χ4n) is 2.77. The van der Waals surface area contributed by atoms with Gasteiger partial charge in [-0.2, -0.15) is 0 Å². The summed E-state index contributed by atoms with van der Waals surface area (Å²) < 4.78 is 35.4. The molecular weight excluding hydrogens is 350 g/mol. The minimum atomic E-state index is -3.64. The molecule has 0 spiro atoms. The van der Waals surface area contributed by atoms with Crippen LogP contribution in [0.3, 0.4) is 0 Å². The molecule has 0 aliphatic heterocycles. The highest BCUT2D eigenvalue weighted by molar-refractivity contribution is 7.89. The van der Waals surface area contributed by atoms with E-state index in [9.17, 15) is 8.42 Å². The first kappa shape index (κ1) is 18.4. The second kappa shape index (κ2) is 7.09. The van der Waals surface area contributed by atoms with Gasteiger partial charge in [-0.15, -0.1) is 0 Å². The molecule has 0 radical (unpaired) electrons. The van der Waals surface area contributed by atoms with E-state index < -0.39 is 10.0 Å². The number of aryl methyl sites for hydroxylation is 2. The maximum Gasteiger partial charge on any atom is 0.240 e. The van der Waals surface area contributed by atoms with Crippen LogP contribution in [-0.4, -0.2) is 24.1 Å². The summed E-state index contributed by atoms with van der Waals surface area (Å²) in [6.07, 6.45) is 0.0341. The molecule has 2 aromatic carbocycles. The fraction of sp³-hybridized carbons (Fsp3) is 0.316. The van der Waals surface area contributed by atoms with Crippen molar-refractivity contribution in [2.45, 2.75) is 38.3 Å². The zero-order chi connectivity index (χ0) is 18.9. The van der Waals surface area contributed by atoms with Crippen molar-refractivity contribution in [3.63, 3.8) is 0 Å². The molecule has 0 aliphatic rings. The highest BCUT2D eigenvalue weighted by Gasteiger charge is 2.17. The summed E-state index contributed by atoms with van der Waals surface area (Å²) in [5, 5.41) is 0. The van der Waals surface area contributed by atoms with Gasteiger partial charge in [-0.25, -0.2) is 18.1 Å². The minimum Gasteiger partial charge on any atom is -0.491 e. The number of ether oxygens (including phenoxy) is 1. The molecule has 1 heterocycles. The summed E-state index contributed by atoms with van der Waals surface area (Å²) >= 11 is 0. The van der Waals surface area contributed by atoms with Gasteiger partial charge in [0.25, 0.3) is 0 Å². The standard InChI is InChI=1S/C19H23N3O3S/c1-13(2)25-18-10-9-15(11-14(18)3)26(23,24)20-12-19-21-16-7-5-6-8-17(16)22(19)4/h5-11,13,20H,12H2,1-4H3. The number of nitrogens with one attached hydrogen (secondary N) is 1. The van der Waals surface area contributed by atoms with Gasteiger partial charge >= 0.3 is 0 Å². The monoisotopic (exact) mass is 373 g/mol. The predicted molar refractivity (Wildman–Crippen MR) is 102 cm³/mol. The number of sulfonamides is 1. The number of nitrogens with zero attached hydrogens (tertiary/aromatic N) is 2. The van der Waals surface area contributed by atoms with E-state index >= 15 is 0 Å². The molecule has 6 nitrogen and oxygen atoms in total. The predicted octanol–water partition coefficient (Wildman–Crippen LogP) is 3.15. The van der Waals surface area contributed by atoms with Crippen LogP contribution < -0.4 is 9.46 Å². The van der Waals surface area contributed by atoms with Crippen LogP contribution in [0, 0.1) is 6.92 Å². The maximum absolute atomic E-state index is 12.6. The van der Waals surface area contributed by atoms with Crippen LogP contribution in [0.5, 0.6) is 5.75 Å². The van der Waals surface area contributed by atoms with Gasteiger partial charge in [0.15, 0.2) is 0 Å². The first-order valence-corrected chi connectivity index (χ1v) is 9.93. The van der Waals surface area contributed by atoms with Crippen molar-refractivity contribution in [2.75, 3.05) is 0 Å². The van der Waals surface area contributed by atoms with E-state index in [1.165, 1.54) is 0 Å². The average Bonchev–Trinajstić information content (AvgIpc) is 2.91. The quantitative estimate of drug-likeness (QED) is 0.720. The van der Waals surface area contributed by atoms with Crippen LogP contribution in [-0.2, 0) is 23.6 Å². The number of imidazole rings is 1. The second-order valence-corrected chi connectivity index (χ2v) is 8.26. The van der Waals surface area contributed by atoms with Crippen molar-refractivity contribution in [1.82, 2.24) is 14.3 Å². The minimum absolute atomic E-state index is 0.0341. The number of para-hydroxylation sites is 2. The lowest BCUT2D eigenvalue weighted by Gasteiger charge is -2.14. The third-order valence-corrected chi connectivity index (χ3v) is 5.52. The lowest BCUT2D eigenvalue weighted by atomic mass is 10.2. The first-order valence-electron chi connectivity index (χ1n) is 8.45. The van der Waals surface area contributed by atoms with Crippen LogP contribution in [0.15, 0.2) is 47.4 Å². The zero-order valence-electron chi connectivity index (χ0n) is 15.4. The Balaban J connectivity index is 1.80. The highest BCUT2D eigenvalue weighted by Crippen LogP contribution is 2.23. The van der Waals surface area contributed by atoms with Crippen molar-refractivity contribution in [3.05, 3.63) is 53.9 Å². The number of benzene rings is 2. The number of hydrogen-bond donors (Lipinski definition) is 1. The fourth-order valence-corrected chi connectivity index (χ4v) is 3.84. The van der Waals surface area contributed by atoms with Crippen molar-refractivity contribution in [1.29, 1.82) is 0 Å². The second-order valence-electron chi connectivity index (χ2n) is 6.49. The third kappa shape index (κ3) is 3.73. The normalized spacial score (nSPS) is 12.0. The topological polar surface area (TPSA) is 73.2 Å². The van der Waals surface area contributed by atoms with Crippen molar-refractivity contribution in [3.8, 4) is 5.75 Å². The van der Waals surface area contributed by atoms with Gasteiger partial charge in [0.1, 0.15) is 11.6 Å². The molecule has 0 saturated carbocycles. The summed E-state index contributed by atoms with van der Waals surface area (Å²) in [5.41, 5.74) is 2.59. The molecule has 0 atom stereocenters. The van der Waals surface area contributed by atoms with Crippen LogP contribution >= 0.6 is 0 Å². The van der Waals surface area contributed by atoms with Crippen LogP contribution in [0.1, 0.15) is 25.2 Å². The molecule has 0 unspecified atom stereocenters. The molecule has 0 fully saturated rings. The SMILES string of the molecule is Cc1cc(S(=O)(=O)NCc2nc3ccccc3n2C)ccc1OC(C)C. The lowest BCUT2D eigenvalue weighted by Crippen LogP contribution is -2.25. The zero-order valence-corrected chi connectivity index (χ0v) is 16.2. The molecule has 138 valence electrons. The van der Waals surface area contributed by atoms with Gasteiger partial charge in [-0.3, -0.25) is 0 Å². The molecule has 3 rings (SSSR count). The van der Waals surface area contributed by atoms with E-state index in [1.807, 2.05) is 56.7 Å². The van der Waals surface area contributed by atoms with E-state index in [4.69, 9.17) is 4.74 Å². The lowest BCUT2D eigenvalue weighted by molar-refractivity contribution is 0.240. The van der Waals surface area contributed by atoms with Crippen LogP contribution in [0.4, 0.5) is 0 Å². The highest BCUT2D eigenvalue weighted by atomic mass is 32.2. The number of hydrogen-bond acceptors (Lipinski definition) is 4. The third-order valence-electron chi connectivity index (χ3n) is 4.12. The number of rotatable bonds is 6. The summed E-state index contributed by atoms with van der Waals surface area (Å²) in [7, 11) is -1.76.